The molecule has 2 saturated heterocycles. The zero-order valence-corrected chi connectivity index (χ0v) is 39.4. The third-order valence-corrected chi connectivity index (χ3v) is 15.9. The highest BCUT2D eigenvalue weighted by molar-refractivity contribution is 7.22. The molecule has 13 nitrogen and oxygen atoms in total. The number of nitrogens with zero attached hydrogens (tertiary/aromatic N) is 4. The van der Waals surface area contributed by atoms with E-state index in [4.69, 9.17) is 35.6 Å². The first kappa shape index (κ1) is 44.0. The number of ether oxygens (including phenoxy) is 4. The number of halogens is 1. The summed E-state index contributed by atoms with van der Waals surface area (Å²) in [5.74, 6) is -3.46. The number of hydrogen-bond acceptors (Lipinski definition) is 11. The quantitative estimate of drug-likeness (QED) is 0.0800. The summed E-state index contributed by atoms with van der Waals surface area (Å²) in [4.78, 5) is 63.5. The van der Waals surface area contributed by atoms with Gasteiger partial charge in [0.1, 0.15) is 40.3 Å². The average molecular weight is 939 g/mol. The molecule has 2 aromatic heterocycles. The van der Waals surface area contributed by atoms with Crippen LogP contribution in [0.5, 0.6) is 28.7 Å². The van der Waals surface area contributed by atoms with Crippen molar-refractivity contribution in [2.75, 3.05) is 38.2 Å². The van der Waals surface area contributed by atoms with Gasteiger partial charge in [0.15, 0.2) is 0 Å². The molecule has 0 unspecified atom stereocenters. The Morgan fingerprint density at radius 1 is 0.806 bits per heavy atom. The molecule has 4 aliphatic rings. The number of imide groups is 2. The standard InChI is InChI=1S/C52H47ClN4O9S/c1-26-35-21-29(53)12-19-42(35)67-47(26)38-25-43(55(3)54-38)57-49(60)37-24-36-33(46(52(37,2)51(57)62)45-40(65-6)22-31(58)23-41(45)66-7)16-17-34-44(36)50(61)56(48(34)59)30-13-9-27(10-14-30)8-11-28-20-32(63-4)15-18-39(28)64-5/h8-16,18-23,25,34,36-37,44,46,58H,17,24H2,1-7H3/t34-,36+,37-,44-,46+,52+/m0/s1. The van der Waals surface area contributed by atoms with E-state index < -0.39 is 46.8 Å². The van der Waals surface area contributed by atoms with Gasteiger partial charge in [0, 0.05) is 52.0 Å². The van der Waals surface area contributed by atoms with Crippen molar-refractivity contribution in [1.82, 2.24) is 9.78 Å². The molecule has 2 aliphatic heterocycles. The van der Waals surface area contributed by atoms with Gasteiger partial charge >= 0.3 is 0 Å². The number of aromatic nitrogens is 2. The van der Waals surface area contributed by atoms with Crippen LogP contribution >= 0.6 is 22.9 Å². The molecule has 3 fully saturated rings. The van der Waals surface area contributed by atoms with Gasteiger partial charge in [-0.3, -0.25) is 28.8 Å². The first-order valence-electron chi connectivity index (χ1n) is 21.9. The number of carbonyl (C=O) groups excluding carboxylic acids is 4. The van der Waals surface area contributed by atoms with E-state index in [2.05, 4.69) is 0 Å². The second-order valence-electron chi connectivity index (χ2n) is 17.7. The van der Waals surface area contributed by atoms with Crippen LogP contribution in [0.25, 0.3) is 32.8 Å². The van der Waals surface area contributed by atoms with Gasteiger partial charge in [0.05, 0.1) is 62.2 Å². The second kappa shape index (κ2) is 16.5. The number of aryl methyl sites for hydroxylation is 2. The second-order valence-corrected chi connectivity index (χ2v) is 19.2. The van der Waals surface area contributed by atoms with Crippen LogP contribution in [0.15, 0.2) is 90.5 Å². The third kappa shape index (κ3) is 6.74. The average Bonchev–Trinajstić information content (AvgIpc) is 4.00. The lowest BCUT2D eigenvalue weighted by molar-refractivity contribution is -0.131. The van der Waals surface area contributed by atoms with Crippen LogP contribution < -0.4 is 28.7 Å². The lowest BCUT2D eigenvalue weighted by atomic mass is 9.51. The number of benzene rings is 4. The van der Waals surface area contributed by atoms with Crippen LogP contribution in [0.2, 0.25) is 5.02 Å². The SMILES string of the molecule is COc1ccc(OC)c(C=Cc2ccc(N3C(=O)[C@H]4[C@H](CC=C5[C@H]4C[C@H]4C(=O)N(c6cc(-c7sc8ccc(Cl)cc8c7C)nn6C)C(=O)[C@@]4(C)[C@H]5c4c(OC)cc(O)cc4OC)C3=O)cc2)c1. The van der Waals surface area contributed by atoms with Gasteiger partial charge in [-0.1, -0.05) is 47.5 Å². The van der Waals surface area contributed by atoms with Crippen molar-refractivity contribution in [2.24, 2.45) is 36.1 Å². The number of carbonyl (C=O) groups is 4. The number of thiophene rings is 1. The molecule has 342 valence electrons. The smallest absolute Gasteiger partial charge is 0.242 e. The van der Waals surface area contributed by atoms with Crippen molar-refractivity contribution in [2.45, 2.75) is 32.6 Å². The van der Waals surface area contributed by atoms with Gasteiger partial charge < -0.3 is 24.1 Å². The third-order valence-electron chi connectivity index (χ3n) is 14.4. The number of allylic oxidation sites excluding steroid dienone is 2. The van der Waals surface area contributed by atoms with Crippen LogP contribution in [-0.4, -0.2) is 67.0 Å². The molecule has 4 aromatic carbocycles. The predicted molar refractivity (Wildman–Crippen MR) is 257 cm³/mol. The lowest BCUT2D eigenvalue weighted by Gasteiger charge is -2.49. The zero-order chi connectivity index (χ0) is 47.2. The summed E-state index contributed by atoms with van der Waals surface area (Å²) in [6.45, 7) is 3.79. The minimum atomic E-state index is -1.43. The van der Waals surface area contributed by atoms with Gasteiger partial charge in [-0.2, -0.15) is 5.10 Å². The van der Waals surface area contributed by atoms with Crippen LogP contribution in [0, 0.1) is 36.0 Å². The normalized spacial score (nSPS) is 23.5. The first-order chi connectivity index (χ1) is 32.2. The van der Waals surface area contributed by atoms with Gasteiger partial charge in [-0.25, -0.2) is 4.90 Å². The summed E-state index contributed by atoms with van der Waals surface area (Å²) >= 11 is 7.92. The van der Waals surface area contributed by atoms with Crippen LogP contribution in [0.1, 0.15) is 47.9 Å². The maximum absolute atomic E-state index is 15.5. The summed E-state index contributed by atoms with van der Waals surface area (Å²) in [5.41, 5.74) is 3.43. The van der Waals surface area contributed by atoms with E-state index in [1.54, 1.807) is 62.4 Å². The number of rotatable bonds is 10. The highest BCUT2D eigenvalue weighted by atomic mass is 35.5. The molecular formula is C52H47ClN4O9S. The van der Waals surface area contributed by atoms with E-state index in [-0.39, 0.29) is 41.9 Å². The number of phenolic OH excluding ortho intramolecular Hbond substituents is 1. The highest BCUT2D eigenvalue weighted by Gasteiger charge is 2.68. The molecule has 15 heteroatoms. The van der Waals surface area contributed by atoms with Crippen molar-refractivity contribution in [3.05, 3.63) is 118 Å². The monoisotopic (exact) mass is 938 g/mol. The van der Waals surface area contributed by atoms with Crippen LogP contribution in [-0.2, 0) is 26.2 Å². The van der Waals surface area contributed by atoms with Crippen LogP contribution in [0.3, 0.4) is 0 Å². The van der Waals surface area contributed by atoms with Crippen molar-refractivity contribution in [1.29, 1.82) is 0 Å². The largest absolute Gasteiger partial charge is 0.508 e. The Morgan fingerprint density at radius 2 is 1.52 bits per heavy atom. The summed E-state index contributed by atoms with van der Waals surface area (Å²) in [6, 6.07) is 23.1. The van der Waals surface area contributed by atoms with E-state index in [9.17, 15) is 14.7 Å². The molecule has 1 N–H and O–H groups in total. The number of aromatic hydroxyl groups is 1. The number of phenols is 1. The first-order valence-corrected chi connectivity index (χ1v) is 23.1. The van der Waals surface area contributed by atoms with Crippen molar-refractivity contribution < 1.29 is 43.2 Å². The molecule has 6 atom stereocenters. The van der Waals surface area contributed by atoms with Crippen LogP contribution in [0.4, 0.5) is 11.5 Å². The Balaban J connectivity index is 1.03. The van der Waals surface area contributed by atoms with Crippen molar-refractivity contribution >= 4 is 80.3 Å². The fourth-order valence-electron chi connectivity index (χ4n) is 11.1. The zero-order valence-electron chi connectivity index (χ0n) is 37.8. The number of methoxy groups -OCH3 is 4. The van der Waals surface area contributed by atoms with Crippen molar-refractivity contribution in [3.63, 3.8) is 0 Å². The minimum Gasteiger partial charge on any atom is -0.508 e. The summed E-state index contributed by atoms with van der Waals surface area (Å²) in [5, 5.41) is 17.2. The molecular weight excluding hydrogens is 892 g/mol. The fourth-order valence-corrected chi connectivity index (χ4v) is 12.4. The van der Waals surface area contributed by atoms with Crippen molar-refractivity contribution in [3.8, 4) is 39.3 Å². The molecule has 2 aliphatic carbocycles. The molecule has 0 spiro atoms. The Bertz CT molecular complexity index is 3110. The molecule has 4 amide bonds. The maximum Gasteiger partial charge on any atom is 0.242 e. The topological polar surface area (TPSA) is 150 Å². The van der Waals surface area contributed by atoms with Gasteiger partial charge in [-0.05, 0) is 97.7 Å². The van der Waals surface area contributed by atoms with E-state index in [1.165, 1.54) is 36.2 Å². The Kier molecular flexibility index (Phi) is 10.8. The van der Waals surface area contributed by atoms with E-state index in [1.807, 2.05) is 73.7 Å². The minimum absolute atomic E-state index is 0.116. The van der Waals surface area contributed by atoms with Gasteiger partial charge in [0.25, 0.3) is 0 Å². The highest BCUT2D eigenvalue weighted by Crippen LogP contribution is 2.66. The lowest BCUT2D eigenvalue weighted by Crippen LogP contribution is -2.49. The molecule has 4 heterocycles. The Hall–Kier alpha value is -6.90. The van der Waals surface area contributed by atoms with Gasteiger partial charge in [0.2, 0.25) is 23.6 Å². The number of anilines is 2. The number of fused-ring (bicyclic) bond motifs is 5. The number of hydrogen-bond donors (Lipinski definition) is 1. The van der Waals surface area contributed by atoms with Gasteiger partial charge in [-0.15, -0.1) is 11.3 Å². The molecule has 0 bridgehead atoms. The molecule has 6 aromatic rings. The van der Waals surface area contributed by atoms with E-state index >= 15 is 9.59 Å². The molecule has 1 saturated carbocycles. The fraction of sp³-hybridized carbons (Fsp3) is 0.288. The predicted octanol–water partition coefficient (Wildman–Crippen LogP) is 9.61. The Labute approximate surface area is 395 Å². The summed E-state index contributed by atoms with van der Waals surface area (Å²) in [7, 11) is 7.84. The summed E-state index contributed by atoms with van der Waals surface area (Å²) < 4.78 is 25.3. The molecule has 0 radical (unpaired) electrons. The summed E-state index contributed by atoms with van der Waals surface area (Å²) in [6.07, 6.45) is 6.15. The van der Waals surface area contributed by atoms with E-state index in [0.29, 0.717) is 39.3 Å². The Morgan fingerprint density at radius 3 is 2.21 bits per heavy atom. The molecule has 67 heavy (non-hydrogen) atoms. The maximum atomic E-state index is 15.5. The van der Waals surface area contributed by atoms with E-state index in [0.717, 1.165) is 37.2 Å². The molecule has 10 rings (SSSR count). The number of amides is 4.